The Bertz CT molecular complexity index is 778. The first-order valence-electron chi connectivity index (χ1n) is 8.45. The summed E-state index contributed by atoms with van der Waals surface area (Å²) in [6.07, 6.45) is 7.73. The third-order valence-electron chi connectivity index (χ3n) is 4.55. The van der Waals surface area contributed by atoms with Crippen molar-refractivity contribution in [3.8, 4) is 11.4 Å². The van der Waals surface area contributed by atoms with Gasteiger partial charge in [-0.3, -0.25) is 4.98 Å². The molecular formula is C17H24N4O2S. The first-order chi connectivity index (χ1) is 11.5. The monoisotopic (exact) mass is 348 g/mol. The molecule has 0 saturated carbocycles. The molecule has 130 valence electrons. The van der Waals surface area contributed by atoms with Crippen LogP contribution in [0.3, 0.4) is 0 Å². The molecule has 0 spiro atoms. The summed E-state index contributed by atoms with van der Waals surface area (Å²) in [6.45, 7) is 5.11. The molecule has 24 heavy (non-hydrogen) atoms. The van der Waals surface area contributed by atoms with E-state index in [4.69, 9.17) is 0 Å². The highest BCUT2D eigenvalue weighted by Crippen LogP contribution is 2.30. The van der Waals surface area contributed by atoms with E-state index in [1.807, 2.05) is 38.4 Å². The molecule has 0 amide bonds. The second-order valence-corrected chi connectivity index (χ2v) is 8.37. The number of rotatable bonds is 5. The zero-order chi connectivity index (χ0) is 17.2. The van der Waals surface area contributed by atoms with E-state index >= 15 is 0 Å². The second kappa shape index (κ2) is 7.03. The quantitative estimate of drug-likeness (QED) is 0.833. The van der Waals surface area contributed by atoms with E-state index in [1.54, 1.807) is 10.5 Å². The van der Waals surface area contributed by atoms with Crippen molar-refractivity contribution in [3.63, 3.8) is 0 Å². The Hall–Kier alpha value is -1.73. The molecular weight excluding hydrogens is 324 g/mol. The predicted octanol–water partition coefficient (Wildman–Crippen LogP) is 2.63. The third kappa shape index (κ3) is 3.37. The summed E-state index contributed by atoms with van der Waals surface area (Å²) in [5, 5.41) is 0. The van der Waals surface area contributed by atoms with E-state index in [2.05, 4.69) is 14.5 Å². The lowest BCUT2D eigenvalue weighted by Gasteiger charge is -2.33. The van der Waals surface area contributed by atoms with Gasteiger partial charge in [-0.25, -0.2) is 17.7 Å². The summed E-state index contributed by atoms with van der Waals surface area (Å²) in [5.41, 5.74) is 2.09. The molecule has 7 heteroatoms. The molecule has 0 aromatic carbocycles. The number of hydrogen-bond acceptors (Lipinski definition) is 4. The van der Waals surface area contributed by atoms with E-state index in [0.717, 1.165) is 29.9 Å². The number of imidazole rings is 1. The summed E-state index contributed by atoms with van der Waals surface area (Å²) in [4.78, 5) is 8.73. The maximum Gasteiger partial charge on any atom is 0.214 e. The predicted molar refractivity (Wildman–Crippen MR) is 94.1 cm³/mol. The van der Waals surface area contributed by atoms with Gasteiger partial charge in [0.2, 0.25) is 10.0 Å². The van der Waals surface area contributed by atoms with Gasteiger partial charge in [0.15, 0.2) is 0 Å². The van der Waals surface area contributed by atoms with Crippen molar-refractivity contribution in [2.24, 2.45) is 0 Å². The summed E-state index contributed by atoms with van der Waals surface area (Å²) in [6, 6.07) is 4.19. The van der Waals surface area contributed by atoms with Crippen LogP contribution in [-0.4, -0.2) is 46.1 Å². The molecule has 0 unspecified atom stereocenters. The second-order valence-electron chi connectivity index (χ2n) is 6.28. The Balaban J connectivity index is 1.80. The minimum Gasteiger partial charge on any atom is -0.325 e. The van der Waals surface area contributed by atoms with E-state index in [1.165, 1.54) is 0 Å². The lowest BCUT2D eigenvalue weighted by molar-refractivity contribution is 0.273. The number of aryl methyl sites for hydroxylation is 1. The average Bonchev–Trinajstić information content (AvgIpc) is 2.97. The highest BCUT2D eigenvalue weighted by atomic mass is 32.2. The van der Waals surface area contributed by atoms with E-state index in [-0.39, 0.29) is 11.8 Å². The maximum atomic E-state index is 12.2. The highest BCUT2D eigenvalue weighted by Gasteiger charge is 2.29. The Morgan fingerprint density at radius 3 is 2.62 bits per heavy atom. The van der Waals surface area contributed by atoms with Crippen LogP contribution in [0, 0.1) is 6.92 Å². The summed E-state index contributed by atoms with van der Waals surface area (Å²) >= 11 is 0. The van der Waals surface area contributed by atoms with Gasteiger partial charge in [-0.05, 0) is 38.3 Å². The van der Waals surface area contributed by atoms with Crippen LogP contribution in [0.5, 0.6) is 0 Å². The smallest absolute Gasteiger partial charge is 0.214 e. The molecule has 0 radical (unpaired) electrons. The molecule has 1 fully saturated rings. The molecule has 3 heterocycles. The van der Waals surface area contributed by atoms with Gasteiger partial charge < -0.3 is 4.57 Å². The fourth-order valence-electron chi connectivity index (χ4n) is 3.38. The average molecular weight is 348 g/mol. The number of pyridine rings is 1. The lowest BCUT2D eigenvalue weighted by atomic mass is 10.1. The topological polar surface area (TPSA) is 68.1 Å². The highest BCUT2D eigenvalue weighted by molar-refractivity contribution is 7.89. The standard InChI is InChI=1S/C17H24N4O2S/c1-3-11-24(22,23)20-9-6-16(7-10-20)21-14(2)12-19-17(21)15-5-4-8-18-13-15/h4-5,8,12-13,16H,3,6-7,9-11H2,1-2H3. The zero-order valence-corrected chi connectivity index (χ0v) is 15.0. The summed E-state index contributed by atoms with van der Waals surface area (Å²) < 4.78 is 28.3. The SMILES string of the molecule is CCCS(=O)(=O)N1CCC(n2c(C)cnc2-c2cccnc2)CC1. The van der Waals surface area contributed by atoms with Crippen LogP contribution >= 0.6 is 0 Å². The largest absolute Gasteiger partial charge is 0.325 e. The minimum absolute atomic E-state index is 0.239. The Morgan fingerprint density at radius 2 is 2.00 bits per heavy atom. The third-order valence-corrected chi connectivity index (χ3v) is 6.62. The molecule has 0 aliphatic carbocycles. The molecule has 1 aliphatic rings. The minimum atomic E-state index is -3.10. The van der Waals surface area contributed by atoms with Crippen molar-refractivity contribution in [3.05, 3.63) is 36.4 Å². The van der Waals surface area contributed by atoms with Crippen molar-refractivity contribution in [1.82, 2.24) is 18.8 Å². The zero-order valence-electron chi connectivity index (χ0n) is 14.2. The van der Waals surface area contributed by atoms with E-state index in [9.17, 15) is 8.42 Å². The molecule has 3 rings (SSSR count). The van der Waals surface area contributed by atoms with Gasteiger partial charge in [0.1, 0.15) is 5.82 Å². The molecule has 2 aromatic heterocycles. The first-order valence-corrected chi connectivity index (χ1v) is 10.1. The van der Waals surface area contributed by atoms with Crippen molar-refractivity contribution in [2.45, 2.75) is 39.2 Å². The molecule has 1 saturated heterocycles. The summed E-state index contributed by atoms with van der Waals surface area (Å²) in [7, 11) is -3.10. The van der Waals surface area contributed by atoms with Gasteiger partial charge in [0.05, 0.1) is 5.75 Å². The van der Waals surface area contributed by atoms with Crippen LogP contribution in [0.15, 0.2) is 30.7 Å². The van der Waals surface area contributed by atoms with Crippen LogP contribution in [0.25, 0.3) is 11.4 Å². The van der Waals surface area contributed by atoms with Gasteiger partial charge in [-0.15, -0.1) is 0 Å². The summed E-state index contributed by atoms with van der Waals surface area (Å²) in [5.74, 6) is 1.15. The van der Waals surface area contributed by atoms with Crippen molar-refractivity contribution in [1.29, 1.82) is 0 Å². The van der Waals surface area contributed by atoms with Crippen molar-refractivity contribution >= 4 is 10.0 Å². The van der Waals surface area contributed by atoms with E-state index < -0.39 is 10.0 Å². The maximum absolute atomic E-state index is 12.2. The number of hydrogen-bond donors (Lipinski definition) is 0. The lowest BCUT2D eigenvalue weighted by Crippen LogP contribution is -2.40. The molecule has 0 bridgehead atoms. The molecule has 0 N–H and O–H groups in total. The molecule has 1 aliphatic heterocycles. The van der Waals surface area contributed by atoms with Crippen molar-refractivity contribution in [2.75, 3.05) is 18.8 Å². The fourth-order valence-corrected chi connectivity index (χ4v) is 4.92. The van der Waals surface area contributed by atoms with Gasteiger partial charge in [-0.1, -0.05) is 6.92 Å². The molecule has 0 atom stereocenters. The number of sulfonamides is 1. The van der Waals surface area contributed by atoms with Crippen LogP contribution in [-0.2, 0) is 10.0 Å². The molecule has 2 aromatic rings. The van der Waals surface area contributed by atoms with Crippen LogP contribution in [0.1, 0.15) is 37.9 Å². The number of piperidine rings is 1. The fraction of sp³-hybridized carbons (Fsp3) is 0.529. The van der Waals surface area contributed by atoms with Gasteiger partial charge in [-0.2, -0.15) is 0 Å². The van der Waals surface area contributed by atoms with Crippen LogP contribution in [0.4, 0.5) is 0 Å². The Morgan fingerprint density at radius 1 is 1.25 bits per heavy atom. The van der Waals surface area contributed by atoms with Gasteiger partial charge >= 0.3 is 0 Å². The molecule has 6 nitrogen and oxygen atoms in total. The van der Waals surface area contributed by atoms with Crippen LogP contribution in [0.2, 0.25) is 0 Å². The van der Waals surface area contributed by atoms with E-state index in [0.29, 0.717) is 19.5 Å². The number of nitrogens with zero attached hydrogens (tertiary/aromatic N) is 4. The number of aromatic nitrogens is 3. The Labute approximate surface area is 143 Å². The Kier molecular flexibility index (Phi) is 5.01. The first kappa shape index (κ1) is 17.1. The van der Waals surface area contributed by atoms with Crippen LogP contribution < -0.4 is 0 Å². The van der Waals surface area contributed by atoms with Crippen molar-refractivity contribution < 1.29 is 8.42 Å². The van der Waals surface area contributed by atoms with Gasteiger partial charge in [0, 0.05) is 49.0 Å². The van der Waals surface area contributed by atoms with Gasteiger partial charge in [0.25, 0.3) is 0 Å². The normalized spacial score (nSPS) is 17.2.